The minimum atomic E-state index is -0.0649. The lowest BCUT2D eigenvalue weighted by atomic mass is 9.84. The summed E-state index contributed by atoms with van der Waals surface area (Å²) in [6.45, 7) is 2.23. The molecule has 94 valence electrons. The van der Waals surface area contributed by atoms with Gasteiger partial charge < -0.3 is 0 Å². The summed E-state index contributed by atoms with van der Waals surface area (Å²) in [5, 5.41) is 0.244. The lowest BCUT2D eigenvalue weighted by Gasteiger charge is -2.28. The van der Waals surface area contributed by atoms with E-state index in [0.29, 0.717) is 4.47 Å². The molecule has 1 aromatic heterocycles. The normalized spacial score (nSPS) is 24.9. The van der Waals surface area contributed by atoms with Gasteiger partial charge in [0.1, 0.15) is 4.47 Å². The van der Waals surface area contributed by atoms with Crippen molar-refractivity contribution in [2.24, 2.45) is 5.92 Å². The lowest BCUT2D eigenvalue weighted by Crippen LogP contribution is -2.28. The molecule has 3 nitrogen and oxygen atoms in total. The fraction of sp³-hybridized carbons (Fsp3) is 0.667. The molecule has 17 heavy (non-hydrogen) atoms. The van der Waals surface area contributed by atoms with Gasteiger partial charge in [0.2, 0.25) is 0 Å². The van der Waals surface area contributed by atoms with Gasteiger partial charge in [-0.3, -0.25) is 9.36 Å². The summed E-state index contributed by atoms with van der Waals surface area (Å²) < 4.78 is 2.10. The first-order valence-electron chi connectivity index (χ1n) is 6.05. The Labute approximate surface area is 114 Å². The minimum Gasteiger partial charge on any atom is -0.295 e. The molecule has 1 aromatic rings. The first-order valence-corrected chi connectivity index (χ1v) is 7.22. The molecule has 0 spiro atoms. The minimum absolute atomic E-state index is 0.0649. The lowest BCUT2D eigenvalue weighted by molar-refractivity contribution is 0.264. The first-order chi connectivity index (χ1) is 8.13. The van der Waals surface area contributed by atoms with Gasteiger partial charge in [-0.25, -0.2) is 4.98 Å². The quantitative estimate of drug-likeness (QED) is 0.777. The van der Waals surface area contributed by atoms with E-state index in [1.54, 1.807) is 10.9 Å². The highest BCUT2D eigenvalue weighted by atomic mass is 79.9. The van der Waals surface area contributed by atoms with Crippen molar-refractivity contribution in [3.8, 4) is 0 Å². The van der Waals surface area contributed by atoms with Crippen LogP contribution < -0.4 is 5.56 Å². The molecular formula is C12H16BrClN2O. The van der Waals surface area contributed by atoms with Gasteiger partial charge >= 0.3 is 0 Å². The molecule has 1 heterocycles. The summed E-state index contributed by atoms with van der Waals surface area (Å²) in [7, 11) is 0. The van der Waals surface area contributed by atoms with Gasteiger partial charge in [0.25, 0.3) is 5.56 Å². The molecule has 0 aliphatic heterocycles. The summed E-state index contributed by atoms with van der Waals surface area (Å²) in [6.07, 6.45) is 7.35. The Morgan fingerprint density at radius 1 is 1.47 bits per heavy atom. The summed E-state index contributed by atoms with van der Waals surface area (Å²) in [5.74, 6) is 0.825. The van der Waals surface area contributed by atoms with Crippen LogP contribution in [0.3, 0.4) is 0 Å². The predicted molar refractivity (Wildman–Crippen MR) is 72.5 cm³/mol. The van der Waals surface area contributed by atoms with E-state index in [-0.39, 0.29) is 16.8 Å². The number of hydrogen-bond acceptors (Lipinski definition) is 2. The zero-order chi connectivity index (χ0) is 12.4. The van der Waals surface area contributed by atoms with E-state index in [0.717, 1.165) is 18.8 Å². The van der Waals surface area contributed by atoms with Crippen molar-refractivity contribution in [1.82, 2.24) is 9.55 Å². The molecular weight excluding hydrogens is 304 g/mol. The molecule has 0 saturated heterocycles. The number of halogens is 2. The molecule has 0 N–H and O–H groups in total. The summed E-state index contributed by atoms with van der Waals surface area (Å²) >= 11 is 8.99. The molecule has 1 fully saturated rings. The number of nitrogens with zero attached hydrogens (tertiary/aromatic N) is 2. The summed E-state index contributed by atoms with van der Waals surface area (Å²) in [6, 6.07) is 0.284. The molecule has 1 saturated carbocycles. The van der Waals surface area contributed by atoms with E-state index in [1.807, 2.05) is 0 Å². The Kier molecular flexibility index (Phi) is 4.26. The van der Waals surface area contributed by atoms with E-state index in [1.165, 1.54) is 19.3 Å². The van der Waals surface area contributed by atoms with Crippen molar-refractivity contribution in [2.45, 2.75) is 45.1 Å². The van der Waals surface area contributed by atoms with Gasteiger partial charge in [-0.15, -0.1) is 0 Å². The van der Waals surface area contributed by atoms with Crippen molar-refractivity contribution in [3.63, 3.8) is 0 Å². The van der Waals surface area contributed by atoms with Crippen LogP contribution in [0.15, 0.2) is 15.6 Å². The van der Waals surface area contributed by atoms with Gasteiger partial charge in [0.05, 0.1) is 6.33 Å². The van der Waals surface area contributed by atoms with Gasteiger partial charge in [-0.05, 0) is 47.5 Å². The van der Waals surface area contributed by atoms with Crippen LogP contribution in [0.1, 0.15) is 45.1 Å². The summed E-state index contributed by atoms with van der Waals surface area (Å²) in [5.41, 5.74) is -0.0649. The van der Waals surface area contributed by atoms with E-state index in [2.05, 4.69) is 27.8 Å². The van der Waals surface area contributed by atoms with Crippen LogP contribution in [0.4, 0.5) is 0 Å². The largest absolute Gasteiger partial charge is 0.295 e. The first kappa shape index (κ1) is 13.1. The van der Waals surface area contributed by atoms with Crippen LogP contribution in [-0.2, 0) is 0 Å². The molecule has 5 heteroatoms. The number of rotatable bonds is 2. The predicted octanol–water partition coefficient (Wildman–Crippen LogP) is 3.80. The Balaban J connectivity index is 2.19. The van der Waals surface area contributed by atoms with Gasteiger partial charge in [0, 0.05) is 6.04 Å². The second kappa shape index (κ2) is 5.53. The zero-order valence-corrected chi connectivity index (χ0v) is 12.2. The molecule has 0 unspecified atom stereocenters. The van der Waals surface area contributed by atoms with E-state index < -0.39 is 0 Å². The number of aromatic nitrogens is 2. The van der Waals surface area contributed by atoms with E-state index in [9.17, 15) is 4.79 Å². The van der Waals surface area contributed by atoms with Crippen LogP contribution in [0, 0.1) is 5.92 Å². The highest BCUT2D eigenvalue weighted by molar-refractivity contribution is 9.10. The highest BCUT2D eigenvalue weighted by Gasteiger charge is 2.22. The molecule has 2 rings (SSSR count). The third-order valence-electron chi connectivity index (χ3n) is 3.69. The van der Waals surface area contributed by atoms with Crippen molar-refractivity contribution in [3.05, 3.63) is 26.3 Å². The number of hydrogen-bond donors (Lipinski definition) is 0. The highest BCUT2D eigenvalue weighted by Crippen LogP contribution is 2.33. The molecule has 0 atom stereocenters. The van der Waals surface area contributed by atoms with Crippen LogP contribution in [0.5, 0.6) is 0 Å². The second-order valence-corrected chi connectivity index (χ2v) is 5.80. The molecule has 1 aliphatic rings. The van der Waals surface area contributed by atoms with Crippen molar-refractivity contribution >= 4 is 27.5 Å². The van der Waals surface area contributed by atoms with Crippen molar-refractivity contribution in [1.29, 1.82) is 0 Å². The van der Waals surface area contributed by atoms with E-state index >= 15 is 0 Å². The second-order valence-electron chi connectivity index (χ2n) is 4.64. The topological polar surface area (TPSA) is 34.9 Å². The smallest absolute Gasteiger partial charge is 0.269 e. The van der Waals surface area contributed by atoms with Crippen molar-refractivity contribution < 1.29 is 0 Å². The third-order valence-corrected chi connectivity index (χ3v) is 4.92. The molecule has 0 bridgehead atoms. The van der Waals surface area contributed by atoms with Crippen LogP contribution in [0.2, 0.25) is 5.15 Å². The average Bonchev–Trinajstić information content (AvgIpc) is 2.36. The Bertz CT molecular complexity index is 452. The summed E-state index contributed by atoms with van der Waals surface area (Å²) in [4.78, 5) is 16.1. The maximum atomic E-state index is 12.0. The third kappa shape index (κ3) is 2.74. The Hall–Kier alpha value is -0.350. The monoisotopic (exact) mass is 318 g/mol. The SMILES string of the molecule is CCC1CCC(n2cnc(Cl)c(Br)c2=O)CC1. The fourth-order valence-electron chi connectivity index (χ4n) is 2.51. The van der Waals surface area contributed by atoms with Crippen LogP contribution >= 0.6 is 27.5 Å². The van der Waals surface area contributed by atoms with Gasteiger partial charge in [-0.1, -0.05) is 24.9 Å². The molecule has 0 radical (unpaired) electrons. The van der Waals surface area contributed by atoms with Gasteiger partial charge in [0.15, 0.2) is 5.15 Å². The molecule has 1 aliphatic carbocycles. The van der Waals surface area contributed by atoms with Gasteiger partial charge in [-0.2, -0.15) is 0 Å². The van der Waals surface area contributed by atoms with Crippen LogP contribution in [-0.4, -0.2) is 9.55 Å². The van der Waals surface area contributed by atoms with E-state index in [4.69, 9.17) is 11.6 Å². The van der Waals surface area contributed by atoms with Crippen LogP contribution in [0.25, 0.3) is 0 Å². The fourth-order valence-corrected chi connectivity index (χ4v) is 2.95. The maximum absolute atomic E-state index is 12.0. The maximum Gasteiger partial charge on any atom is 0.269 e. The Morgan fingerprint density at radius 2 is 2.12 bits per heavy atom. The molecule has 0 amide bonds. The average molecular weight is 320 g/mol. The standard InChI is InChI=1S/C12H16BrClN2O/c1-2-8-3-5-9(6-4-8)16-7-15-11(14)10(13)12(16)17/h7-9H,2-6H2,1H3. The molecule has 0 aromatic carbocycles. The van der Waals surface area contributed by atoms with Crippen molar-refractivity contribution in [2.75, 3.05) is 0 Å². The Morgan fingerprint density at radius 3 is 2.71 bits per heavy atom. The zero-order valence-electron chi connectivity index (χ0n) is 9.83.